The molecule has 0 saturated heterocycles. The monoisotopic (exact) mass is 343 g/mol. The number of aromatic nitrogens is 2. The number of hydrogen-bond acceptors (Lipinski definition) is 4. The van der Waals surface area contributed by atoms with E-state index in [4.69, 9.17) is 4.42 Å². The molecular formula is C18H25N5O2. The molecule has 1 aliphatic carbocycles. The number of nitrogens with zero attached hydrogens (tertiary/aromatic N) is 4. The van der Waals surface area contributed by atoms with Gasteiger partial charge in [-0.15, -0.1) is 0 Å². The molecule has 1 atom stereocenters. The first-order valence-electron chi connectivity index (χ1n) is 8.94. The van der Waals surface area contributed by atoms with Crippen LogP contribution in [0, 0.1) is 5.92 Å². The Morgan fingerprint density at radius 2 is 2.32 bits per heavy atom. The van der Waals surface area contributed by atoms with Gasteiger partial charge in [-0.2, -0.15) is 0 Å². The highest BCUT2D eigenvalue weighted by Gasteiger charge is 2.30. The molecule has 2 aromatic rings. The van der Waals surface area contributed by atoms with Gasteiger partial charge in [0.1, 0.15) is 11.6 Å². The summed E-state index contributed by atoms with van der Waals surface area (Å²) in [5.74, 6) is 2.27. The molecule has 2 aliphatic rings. The second kappa shape index (κ2) is 6.92. The molecule has 1 unspecified atom stereocenters. The summed E-state index contributed by atoms with van der Waals surface area (Å²) < 4.78 is 7.62. The highest BCUT2D eigenvalue weighted by atomic mass is 16.3. The topological polar surface area (TPSA) is 66.5 Å². The van der Waals surface area contributed by atoms with E-state index in [1.54, 1.807) is 6.26 Å². The van der Waals surface area contributed by atoms with Crippen molar-refractivity contribution in [2.24, 2.45) is 5.92 Å². The van der Waals surface area contributed by atoms with Crippen molar-refractivity contribution < 1.29 is 9.21 Å². The number of hydrogen-bond donors (Lipinski definition) is 1. The van der Waals surface area contributed by atoms with Crippen LogP contribution in [0.5, 0.6) is 0 Å². The second-order valence-corrected chi connectivity index (χ2v) is 7.24. The van der Waals surface area contributed by atoms with Crippen LogP contribution in [0.2, 0.25) is 0 Å². The summed E-state index contributed by atoms with van der Waals surface area (Å²) >= 11 is 0. The van der Waals surface area contributed by atoms with Crippen molar-refractivity contribution in [3.8, 4) is 0 Å². The Morgan fingerprint density at radius 3 is 3.08 bits per heavy atom. The molecule has 0 radical (unpaired) electrons. The fraction of sp³-hybridized carbons (Fsp3) is 0.556. The number of urea groups is 1. The molecule has 134 valence electrons. The number of carbonyl (C=O) groups is 1. The van der Waals surface area contributed by atoms with Gasteiger partial charge >= 0.3 is 6.03 Å². The Balaban J connectivity index is 1.43. The van der Waals surface area contributed by atoms with Crippen molar-refractivity contribution in [2.75, 3.05) is 20.1 Å². The van der Waals surface area contributed by atoms with Crippen molar-refractivity contribution in [2.45, 2.75) is 38.5 Å². The minimum atomic E-state index is 0.0395. The molecule has 2 aromatic heterocycles. The third-order valence-electron chi connectivity index (χ3n) is 4.84. The third-order valence-corrected chi connectivity index (χ3v) is 4.84. The van der Waals surface area contributed by atoms with Gasteiger partial charge in [0.05, 0.1) is 19.4 Å². The maximum atomic E-state index is 12.6. The van der Waals surface area contributed by atoms with E-state index < -0.39 is 0 Å². The number of furan rings is 1. The zero-order valence-corrected chi connectivity index (χ0v) is 14.6. The SMILES string of the molecule is CN(Cc1ccco1)CC1CN(C(=O)NC2CC2)Cc2nccn2C1. The molecule has 1 aliphatic heterocycles. The van der Waals surface area contributed by atoms with Gasteiger partial charge in [0.15, 0.2) is 0 Å². The molecule has 25 heavy (non-hydrogen) atoms. The van der Waals surface area contributed by atoms with Crippen LogP contribution < -0.4 is 5.32 Å². The minimum absolute atomic E-state index is 0.0395. The molecule has 7 heteroatoms. The number of nitrogens with one attached hydrogen (secondary N) is 1. The lowest BCUT2D eigenvalue weighted by Crippen LogP contribution is -2.44. The van der Waals surface area contributed by atoms with E-state index in [1.807, 2.05) is 29.4 Å². The summed E-state index contributed by atoms with van der Waals surface area (Å²) in [4.78, 5) is 21.2. The fourth-order valence-corrected chi connectivity index (χ4v) is 3.48. The van der Waals surface area contributed by atoms with Crippen LogP contribution in [0.4, 0.5) is 4.79 Å². The molecule has 7 nitrogen and oxygen atoms in total. The van der Waals surface area contributed by atoms with Crippen LogP contribution in [0.15, 0.2) is 35.2 Å². The summed E-state index contributed by atoms with van der Waals surface area (Å²) in [6.45, 7) is 3.86. The van der Waals surface area contributed by atoms with Gasteiger partial charge in [-0.25, -0.2) is 9.78 Å². The van der Waals surface area contributed by atoms with Gasteiger partial charge in [0.25, 0.3) is 0 Å². The van der Waals surface area contributed by atoms with Gasteiger partial charge in [-0.3, -0.25) is 4.90 Å². The number of fused-ring (bicyclic) bond motifs is 1. The Morgan fingerprint density at radius 1 is 1.44 bits per heavy atom. The first-order valence-corrected chi connectivity index (χ1v) is 8.94. The van der Waals surface area contributed by atoms with Crippen molar-refractivity contribution >= 4 is 6.03 Å². The number of amides is 2. The minimum Gasteiger partial charge on any atom is -0.468 e. The molecule has 0 bridgehead atoms. The van der Waals surface area contributed by atoms with E-state index in [9.17, 15) is 4.79 Å². The Bertz CT molecular complexity index is 707. The van der Waals surface area contributed by atoms with E-state index in [-0.39, 0.29) is 6.03 Å². The van der Waals surface area contributed by atoms with E-state index in [0.717, 1.165) is 50.6 Å². The molecule has 3 heterocycles. The standard InChI is InChI=1S/C18H25N5O2/c1-21(12-16-3-2-8-25-16)9-14-10-22-7-6-19-17(22)13-23(11-14)18(24)20-15-4-5-15/h2-3,6-8,14-15H,4-5,9-13H2,1H3,(H,20,24). The van der Waals surface area contributed by atoms with Crippen LogP contribution in [-0.4, -0.2) is 51.6 Å². The van der Waals surface area contributed by atoms with Crippen molar-refractivity contribution in [3.63, 3.8) is 0 Å². The average molecular weight is 343 g/mol. The Kier molecular flexibility index (Phi) is 4.48. The summed E-state index contributed by atoms with van der Waals surface area (Å²) in [6.07, 6.45) is 7.74. The van der Waals surface area contributed by atoms with Crippen LogP contribution in [-0.2, 0) is 19.6 Å². The quantitative estimate of drug-likeness (QED) is 0.901. The summed E-state index contributed by atoms with van der Waals surface area (Å²) in [5, 5.41) is 3.11. The lowest BCUT2D eigenvalue weighted by Gasteiger charge is -2.27. The first-order chi connectivity index (χ1) is 12.2. The average Bonchev–Trinajstić information content (AvgIpc) is 3.10. The van der Waals surface area contributed by atoms with Gasteiger partial charge in [0, 0.05) is 44.0 Å². The molecule has 0 aromatic carbocycles. The zero-order chi connectivity index (χ0) is 17.2. The number of rotatable bonds is 5. The summed E-state index contributed by atoms with van der Waals surface area (Å²) in [7, 11) is 2.09. The highest BCUT2D eigenvalue weighted by Crippen LogP contribution is 2.21. The lowest BCUT2D eigenvalue weighted by molar-refractivity contribution is 0.170. The number of carbonyl (C=O) groups excluding carboxylic acids is 1. The normalized spacial score (nSPS) is 20.4. The lowest BCUT2D eigenvalue weighted by atomic mass is 10.1. The maximum absolute atomic E-state index is 12.6. The van der Waals surface area contributed by atoms with E-state index in [0.29, 0.717) is 18.5 Å². The smallest absolute Gasteiger partial charge is 0.318 e. The maximum Gasteiger partial charge on any atom is 0.318 e. The van der Waals surface area contributed by atoms with Crippen LogP contribution in [0.25, 0.3) is 0 Å². The molecule has 1 saturated carbocycles. The van der Waals surface area contributed by atoms with E-state index in [1.165, 1.54) is 0 Å². The summed E-state index contributed by atoms with van der Waals surface area (Å²) in [6, 6.07) is 4.32. The highest BCUT2D eigenvalue weighted by molar-refractivity contribution is 5.74. The van der Waals surface area contributed by atoms with Crippen molar-refractivity contribution in [1.82, 2.24) is 24.7 Å². The van der Waals surface area contributed by atoms with Gasteiger partial charge in [-0.05, 0) is 32.0 Å². The predicted molar refractivity (Wildman–Crippen MR) is 92.7 cm³/mol. The van der Waals surface area contributed by atoms with Crippen LogP contribution in [0.3, 0.4) is 0 Å². The summed E-state index contributed by atoms with van der Waals surface area (Å²) in [5.41, 5.74) is 0. The van der Waals surface area contributed by atoms with Gasteiger partial charge < -0.3 is 19.2 Å². The molecule has 2 amide bonds. The molecule has 1 N–H and O–H groups in total. The van der Waals surface area contributed by atoms with Crippen LogP contribution >= 0.6 is 0 Å². The number of imidazole rings is 1. The van der Waals surface area contributed by atoms with E-state index >= 15 is 0 Å². The largest absolute Gasteiger partial charge is 0.468 e. The van der Waals surface area contributed by atoms with E-state index in [2.05, 4.69) is 26.8 Å². The molecular weight excluding hydrogens is 318 g/mol. The van der Waals surface area contributed by atoms with Crippen molar-refractivity contribution in [1.29, 1.82) is 0 Å². The molecule has 0 spiro atoms. The molecule has 4 rings (SSSR count). The van der Waals surface area contributed by atoms with Gasteiger partial charge in [-0.1, -0.05) is 0 Å². The third kappa shape index (κ3) is 4.04. The second-order valence-electron chi connectivity index (χ2n) is 7.24. The fourth-order valence-electron chi connectivity index (χ4n) is 3.48. The Hall–Kier alpha value is -2.28. The predicted octanol–water partition coefficient (Wildman–Crippen LogP) is 1.91. The molecule has 1 fully saturated rings. The zero-order valence-electron chi connectivity index (χ0n) is 14.6. The first kappa shape index (κ1) is 16.2. The van der Waals surface area contributed by atoms with Gasteiger partial charge in [0.2, 0.25) is 0 Å². The van der Waals surface area contributed by atoms with Crippen LogP contribution in [0.1, 0.15) is 24.4 Å². The van der Waals surface area contributed by atoms with Crippen molar-refractivity contribution in [3.05, 3.63) is 42.4 Å². The Labute approximate surface area is 147 Å².